The number of nitrogens with two attached hydrogens (primary N) is 1. The van der Waals surface area contributed by atoms with E-state index in [0.29, 0.717) is 30.4 Å². The quantitative estimate of drug-likeness (QED) is 0.257. The van der Waals surface area contributed by atoms with Crippen LogP contribution in [0.15, 0.2) is 18.2 Å². The molecule has 0 radical (unpaired) electrons. The summed E-state index contributed by atoms with van der Waals surface area (Å²) >= 11 is 0.666. The first-order valence-electron chi connectivity index (χ1n) is 15.8. The summed E-state index contributed by atoms with van der Waals surface area (Å²) in [4.78, 5) is 26.4. The van der Waals surface area contributed by atoms with Crippen molar-refractivity contribution in [1.29, 1.82) is 5.26 Å². The number of halogens is 6. The number of fused-ring (bicyclic) bond motifs is 3. The molecule has 2 aromatic heterocycles. The van der Waals surface area contributed by atoms with Crippen LogP contribution in [0.25, 0.3) is 32.1 Å². The van der Waals surface area contributed by atoms with E-state index < -0.39 is 57.8 Å². The predicted octanol–water partition coefficient (Wildman–Crippen LogP) is 5.51. The third-order valence-corrected chi connectivity index (χ3v) is 10.7. The van der Waals surface area contributed by atoms with Gasteiger partial charge in [0.2, 0.25) is 0 Å². The minimum Gasteiger partial charge on any atom is -0.461 e. The molecule has 1 amide bonds. The molecule has 50 heavy (non-hydrogen) atoms. The zero-order chi connectivity index (χ0) is 35.7. The molecule has 2 N–H and O–H groups in total. The fraction of sp³-hybridized carbons (Fsp3) is 0.455. The summed E-state index contributed by atoms with van der Waals surface area (Å²) < 4.78 is 103. The van der Waals surface area contributed by atoms with Gasteiger partial charge in [0.1, 0.15) is 41.0 Å². The number of alkyl halides is 4. The molecule has 4 aromatic rings. The number of nitrogens with zero attached hydrogens (tertiary/aromatic N) is 6. The number of carbonyl (C=O) groups excluding carboxylic acids is 1. The Bertz CT molecular complexity index is 2070. The third-order valence-electron chi connectivity index (χ3n) is 9.71. The second-order valence-corrected chi connectivity index (χ2v) is 14.0. The van der Waals surface area contributed by atoms with Gasteiger partial charge >= 0.3 is 12.2 Å². The van der Waals surface area contributed by atoms with E-state index in [0.717, 1.165) is 18.6 Å². The Kier molecular flexibility index (Phi) is 8.47. The van der Waals surface area contributed by atoms with Crippen molar-refractivity contribution in [3.63, 3.8) is 0 Å². The lowest BCUT2D eigenvalue weighted by molar-refractivity contribution is -0.141. The number of hydrogen-bond donors (Lipinski definition) is 1. The Morgan fingerprint density at radius 3 is 2.74 bits per heavy atom. The van der Waals surface area contributed by atoms with E-state index in [1.165, 1.54) is 23.9 Å². The number of nitriles is 1. The molecule has 0 bridgehead atoms. The summed E-state index contributed by atoms with van der Waals surface area (Å²) in [5.74, 6) is -2.77. The SMILES string of the molecule is CN(C)C(=O)[C@@H]1CN(c2nc(OC[C@@]34CCCN3C[C@H](F)C4)nc3c(F)c(-c4ccc(F)c5sc(N)c(C#N)c45)c(C(F)(F)F)cc23)CCO1. The van der Waals surface area contributed by atoms with Crippen LogP contribution in [-0.2, 0) is 15.7 Å². The fourth-order valence-electron chi connectivity index (χ4n) is 7.42. The molecule has 3 aliphatic heterocycles. The standard InChI is InChI=1S/C33H31F6N7O3S/c1-44(2)30(47)22-14-45(8-9-48-22)29-18-10-20(33(37,38)39)24(17-4-5-21(35)27-23(17)19(12-40)28(41)50-27)25(36)26(18)42-31(43-29)49-15-32-6-3-7-46(32)13-16(34)11-32/h4-5,10,16,22H,3,6-9,11,13-15,41H2,1-2H3/t16-,22+,32+/m1/s1. The number of aromatic nitrogens is 2. The highest BCUT2D eigenvalue weighted by Crippen LogP contribution is 2.48. The van der Waals surface area contributed by atoms with Gasteiger partial charge in [-0.3, -0.25) is 9.69 Å². The van der Waals surface area contributed by atoms with Gasteiger partial charge in [-0.25, -0.2) is 13.2 Å². The van der Waals surface area contributed by atoms with Crippen LogP contribution in [0.5, 0.6) is 6.01 Å². The van der Waals surface area contributed by atoms with E-state index in [1.54, 1.807) is 6.07 Å². The number of carbonyl (C=O) groups is 1. The van der Waals surface area contributed by atoms with Crippen LogP contribution in [0.4, 0.5) is 37.2 Å². The molecular weight excluding hydrogens is 688 g/mol. The minimum atomic E-state index is -5.14. The van der Waals surface area contributed by atoms with Crippen LogP contribution in [0, 0.1) is 23.0 Å². The number of anilines is 2. The van der Waals surface area contributed by atoms with Gasteiger partial charge in [-0.2, -0.15) is 28.4 Å². The van der Waals surface area contributed by atoms with Crippen LogP contribution < -0.4 is 15.4 Å². The van der Waals surface area contributed by atoms with Crippen molar-refractivity contribution in [2.24, 2.45) is 0 Å². The zero-order valence-corrected chi connectivity index (χ0v) is 27.7. The first-order chi connectivity index (χ1) is 23.7. The number of benzene rings is 2. The first kappa shape index (κ1) is 34.1. The van der Waals surface area contributed by atoms with Crippen molar-refractivity contribution in [2.45, 2.75) is 43.3 Å². The van der Waals surface area contributed by atoms with Gasteiger partial charge in [0.25, 0.3) is 5.91 Å². The number of likely N-dealkylation sites (N-methyl/N-ethyl adjacent to an activating group) is 1. The van der Waals surface area contributed by atoms with E-state index in [9.17, 15) is 32.0 Å². The highest BCUT2D eigenvalue weighted by atomic mass is 32.1. The van der Waals surface area contributed by atoms with Crippen molar-refractivity contribution in [1.82, 2.24) is 19.8 Å². The number of thiophene rings is 1. The maximum Gasteiger partial charge on any atom is 0.417 e. The zero-order valence-electron chi connectivity index (χ0n) is 26.9. The number of ether oxygens (including phenoxy) is 2. The van der Waals surface area contributed by atoms with Gasteiger partial charge in [0, 0.05) is 49.9 Å². The van der Waals surface area contributed by atoms with Crippen LogP contribution in [0.3, 0.4) is 0 Å². The molecule has 17 heteroatoms. The molecule has 0 aliphatic carbocycles. The molecule has 3 fully saturated rings. The van der Waals surface area contributed by atoms with Crippen molar-refractivity contribution >= 4 is 49.1 Å². The van der Waals surface area contributed by atoms with Crippen molar-refractivity contribution in [2.75, 3.05) is 64.1 Å². The minimum absolute atomic E-state index is 0.0126. The summed E-state index contributed by atoms with van der Waals surface area (Å²) in [7, 11) is 3.07. The van der Waals surface area contributed by atoms with E-state index in [-0.39, 0.29) is 83.0 Å². The molecule has 7 rings (SSSR count). The molecule has 10 nitrogen and oxygen atoms in total. The topological polar surface area (TPSA) is 121 Å². The molecule has 2 aromatic carbocycles. The van der Waals surface area contributed by atoms with Crippen LogP contribution in [-0.4, -0.2) is 97.0 Å². The summed E-state index contributed by atoms with van der Waals surface area (Å²) in [5, 5.41) is 9.09. The molecule has 5 heterocycles. The highest BCUT2D eigenvalue weighted by molar-refractivity contribution is 7.23. The normalized spacial score (nSPS) is 22.7. The second kappa shape index (κ2) is 12.4. The lowest BCUT2D eigenvalue weighted by atomic mass is 9.92. The Morgan fingerprint density at radius 2 is 2.02 bits per heavy atom. The second-order valence-electron chi connectivity index (χ2n) is 13.0. The fourth-order valence-corrected chi connectivity index (χ4v) is 8.37. The summed E-state index contributed by atoms with van der Waals surface area (Å²) in [5.41, 5.74) is 1.70. The van der Waals surface area contributed by atoms with E-state index >= 15 is 4.39 Å². The van der Waals surface area contributed by atoms with Crippen molar-refractivity contribution in [3.05, 3.63) is 41.0 Å². The van der Waals surface area contributed by atoms with E-state index in [2.05, 4.69) is 9.97 Å². The summed E-state index contributed by atoms with van der Waals surface area (Å²) in [6, 6.07) is 4.03. The maximum atomic E-state index is 17.0. The lowest BCUT2D eigenvalue weighted by Gasteiger charge is -2.35. The molecule has 0 spiro atoms. The van der Waals surface area contributed by atoms with Gasteiger partial charge < -0.3 is 25.0 Å². The molecule has 3 atom stereocenters. The monoisotopic (exact) mass is 719 g/mol. The van der Waals surface area contributed by atoms with Gasteiger partial charge in [0.15, 0.2) is 11.9 Å². The van der Waals surface area contributed by atoms with Gasteiger partial charge in [-0.05, 0) is 37.1 Å². The van der Waals surface area contributed by atoms with Crippen LogP contribution in [0.2, 0.25) is 0 Å². The molecular formula is C33H31F6N7O3S. The molecule has 0 saturated carbocycles. The van der Waals surface area contributed by atoms with Crippen LogP contribution >= 0.6 is 11.3 Å². The third kappa shape index (κ3) is 5.63. The van der Waals surface area contributed by atoms with Crippen molar-refractivity contribution < 1.29 is 40.6 Å². The Labute approximate surface area is 286 Å². The van der Waals surface area contributed by atoms with E-state index in [1.807, 2.05) is 4.90 Å². The summed E-state index contributed by atoms with van der Waals surface area (Å²) in [6.07, 6.45) is -5.53. The average molecular weight is 720 g/mol. The van der Waals surface area contributed by atoms with Gasteiger partial charge in [-0.15, -0.1) is 11.3 Å². The molecule has 3 aliphatic rings. The number of morpholine rings is 1. The Hall–Kier alpha value is -4.40. The number of rotatable bonds is 6. The lowest BCUT2D eigenvalue weighted by Crippen LogP contribution is -2.50. The van der Waals surface area contributed by atoms with E-state index in [4.69, 9.17) is 15.2 Å². The molecule has 0 unspecified atom stereocenters. The largest absolute Gasteiger partial charge is 0.461 e. The van der Waals surface area contributed by atoms with Gasteiger partial charge in [-0.1, -0.05) is 6.07 Å². The molecule has 3 saturated heterocycles. The highest BCUT2D eigenvalue weighted by Gasteiger charge is 2.49. The average Bonchev–Trinajstić information content (AvgIpc) is 3.72. The van der Waals surface area contributed by atoms with Crippen molar-refractivity contribution in [3.8, 4) is 23.2 Å². The molecule has 264 valence electrons. The number of amides is 1. The number of nitrogen functional groups attached to an aromatic ring is 1. The Balaban J connectivity index is 1.45. The Morgan fingerprint density at radius 1 is 1.24 bits per heavy atom. The summed E-state index contributed by atoms with van der Waals surface area (Å²) in [6.45, 7) is 0.852. The van der Waals surface area contributed by atoms with Gasteiger partial charge in [0.05, 0.1) is 34.5 Å². The maximum absolute atomic E-state index is 17.0. The first-order valence-corrected chi connectivity index (χ1v) is 16.7. The number of hydrogen-bond acceptors (Lipinski definition) is 10. The smallest absolute Gasteiger partial charge is 0.417 e. The predicted molar refractivity (Wildman–Crippen MR) is 174 cm³/mol. The van der Waals surface area contributed by atoms with Crippen LogP contribution in [0.1, 0.15) is 30.4 Å².